The Morgan fingerprint density at radius 2 is 1.56 bits per heavy atom. The van der Waals surface area contributed by atoms with Crippen LogP contribution in [0.1, 0.15) is 27.8 Å². The van der Waals surface area contributed by atoms with E-state index in [1.54, 1.807) is 31.4 Å². The van der Waals surface area contributed by atoms with Crippen molar-refractivity contribution in [1.82, 2.24) is 9.97 Å². The van der Waals surface area contributed by atoms with Crippen molar-refractivity contribution in [2.45, 2.75) is 6.92 Å². The van der Waals surface area contributed by atoms with Crippen LogP contribution in [0.3, 0.4) is 0 Å². The van der Waals surface area contributed by atoms with Crippen LogP contribution < -0.4 is 15.4 Å². The Kier molecular flexibility index (Phi) is 5.41. The first-order chi connectivity index (χ1) is 13.0. The molecule has 0 atom stereocenters. The zero-order valence-electron chi connectivity index (χ0n) is 14.9. The molecule has 0 saturated heterocycles. The third-order valence-electron chi connectivity index (χ3n) is 3.80. The van der Waals surface area contributed by atoms with Gasteiger partial charge in [-0.25, -0.2) is 9.97 Å². The molecule has 0 radical (unpaired) electrons. The van der Waals surface area contributed by atoms with Crippen LogP contribution in [0, 0.1) is 0 Å². The molecular formula is C20H18N4O3. The topological polar surface area (TPSA) is 93.2 Å². The normalized spacial score (nSPS) is 10.1. The van der Waals surface area contributed by atoms with E-state index in [-0.39, 0.29) is 17.4 Å². The van der Waals surface area contributed by atoms with Crippen molar-refractivity contribution in [3.63, 3.8) is 0 Å². The number of nitrogens with one attached hydrogen (secondary N) is 2. The highest BCUT2D eigenvalue weighted by molar-refractivity contribution is 6.03. The van der Waals surface area contributed by atoms with Gasteiger partial charge in [0.25, 0.3) is 5.91 Å². The Bertz CT molecular complexity index is 936. The average molecular weight is 362 g/mol. The maximum atomic E-state index is 12.3. The number of ketones is 1. The lowest BCUT2D eigenvalue weighted by atomic mass is 10.1. The second-order valence-corrected chi connectivity index (χ2v) is 5.73. The van der Waals surface area contributed by atoms with Crippen molar-refractivity contribution >= 4 is 28.9 Å². The van der Waals surface area contributed by atoms with Gasteiger partial charge in [-0.05, 0) is 55.5 Å². The van der Waals surface area contributed by atoms with E-state index < -0.39 is 0 Å². The lowest BCUT2D eigenvalue weighted by molar-refractivity contribution is 0.101. The molecule has 0 fully saturated rings. The maximum Gasteiger partial charge on any atom is 0.275 e. The van der Waals surface area contributed by atoms with Gasteiger partial charge in [-0.1, -0.05) is 0 Å². The van der Waals surface area contributed by atoms with Crippen molar-refractivity contribution in [3.8, 4) is 5.75 Å². The molecule has 3 rings (SSSR count). The van der Waals surface area contributed by atoms with E-state index in [0.717, 1.165) is 11.4 Å². The molecule has 1 amide bonds. The Morgan fingerprint density at radius 1 is 0.889 bits per heavy atom. The third kappa shape index (κ3) is 4.66. The van der Waals surface area contributed by atoms with Gasteiger partial charge in [0, 0.05) is 16.9 Å². The van der Waals surface area contributed by atoms with Crippen LogP contribution in [0.2, 0.25) is 0 Å². The summed E-state index contributed by atoms with van der Waals surface area (Å²) >= 11 is 0. The van der Waals surface area contributed by atoms with E-state index in [1.165, 1.54) is 19.3 Å². The van der Waals surface area contributed by atoms with Crippen LogP contribution in [0.4, 0.5) is 17.2 Å². The van der Waals surface area contributed by atoms with E-state index >= 15 is 0 Å². The van der Waals surface area contributed by atoms with Gasteiger partial charge in [0.15, 0.2) is 5.78 Å². The van der Waals surface area contributed by atoms with Crippen LogP contribution in [-0.2, 0) is 0 Å². The van der Waals surface area contributed by atoms with Crippen LogP contribution in [0.25, 0.3) is 0 Å². The predicted octanol–water partition coefficient (Wildman–Crippen LogP) is 3.68. The van der Waals surface area contributed by atoms with E-state index in [1.807, 2.05) is 24.3 Å². The second-order valence-electron chi connectivity index (χ2n) is 5.73. The number of hydrogen-bond donors (Lipinski definition) is 2. The number of rotatable bonds is 6. The van der Waals surface area contributed by atoms with Gasteiger partial charge in [-0.3, -0.25) is 9.59 Å². The van der Waals surface area contributed by atoms with E-state index in [4.69, 9.17) is 4.74 Å². The zero-order valence-corrected chi connectivity index (χ0v) is 14.9. The average Bonchev–Trinajstić information content (AvgIpc) is 2.69. The Morgan fingerprint density at radius 3 is 2.11 bits per heavy atom. The Hall–Kier alpha value is -3.74. The lowest BCUT2D eigenvalue weighted by Crippen LogP contribution is -2.14. The van der Waals surface area contributed by atoms with E-state index in [0.29, 0.717) is 17.1 Å². The molecule has 3 aromatic rings. The fourth-order valence-electron chi connectivity index (χ4n) is 2.32. The number of aromatic nitrogens is 2. The van der Waals surface area contributed by atoms with Gasteiger partial charge >= 0.3 is 0 Å². The molecular weight excluding hydrogens is 344 g/mol. The van der Waals surface area contributed by atoms with Crippen LogP contribution in [0.5, 0.6) is 5.75 Å². The summed E-state index contributed by atoms with van der Waals surface area (Å²) in [6, 6.07) is 14.0. The van der Waals surface area contributed by atoms with Gasteiger partial charge in [-0.15, -0.1) is 0 Å². The minimum Gasteiger partial charge on any atom is -0.497 e. The molecule has 0 aliphatic rings. The predicted molar refractivity (Wildman–Crippen MR) is 103 cm³/mol. The Labute approximate surface area is 156 Å². The molecule has 2 N–H and O–H groups in total. The van der Waals surface area contributed by atoms with Gasteiger partial charge in [0.1, 0.15) is 17.3 Å². The first-order valence-corrected chi connectivity index (χ1v) is 8.20. The monoisotopic (exact) mass is 362 g/mol. The van der Waals surface area contributed by atoms with Crippen molar-refractivity contribution in [2.24, 2.45) is 0 Å². The molecule has 0 unspecified atom stereocenters. The van der Waals surface area contributed by atoms with E-state index in [2.05, 4.69) is 20.6 Å². The summed E-state index contributed by atoms with van der Waals surface area (Å²) in [5.74, 6) is 0.866. The van der Waals surface area contributed by atoms with Crippen molar-refractivity contribution in [1.29, 1.82) is 0 Å². The van der Waals surface area contributed by atoms with Gasteiger partial charge in [0.2, 0.25) is 0 Å². The molecule has 7 heteroatoms. The molecule has 0 saturated carbocycles. The van der Waals surface area contributed by atoms with E-state index in [9.17, 15) is 9.59 Å². The number of anilines is 3. The van der Waals surface area contributed by atoms with Gasteiger partial charge in [0.05, 0.1) is 19.5 Å². The van der Waals surface area contributed by atoms with Crippen LogP contribution in [0.15, 0.2) is 60.9 Å². The number of nitrogens with zero attached hydrogens (tertiary/aromatic N) is 2. The molecule has 0 bridgehead atoms. The number of carbonyl (C=O) groups excluding carboxylic acids is 2. The van der Waals surface area contributed by atoms with Crippen molar-refractivity contribution < 1.29 is 14.3 Å². The quantitative estimate of drug-likeness (QED) is 0.650. The summed E-state index contributed by atoms with van der Waals surface area (Å²) in [5.41, 5.74) is 2.17. The number of amides is 1. The fraction of sp³-hybridized carbons (Fsp3) is 0.100. The van der Waals surface area contributed by atoms with Crippen LogP contribution >= 0.6 is 0 Å². The molecule has 27 heavy (non-hydrogen) atoms. The molecule has 136 valence electrons. The number of carbonyl (C=O) groups is 2. The van der Waals surface area contributed by atoms with Gasteiger partial charge < -0.3 is 15.4 Å². The Balaban J connectivity index is 1.63. The minimum absolute atomic E-state index is 0.0290. The molecule has 7 nitrogen and oxygen atoms in total. The van der Waals surface area contributed by atoms with Gasteiger partial charge in [-0.2, -0.15) is 0 Å². The summed E-state index contributed by atoms with van der Waals surface area (Å²) in [6.07, 6.45) is 2.88. The second kappa shape index (κ2) is 8.09. The number of benzene rings is 2. The minimum atomic E-state index is -0.380. The zero-order chi connectivity index (χ0) is 19.2. The SMILES string of the molecule is COc1ccc(Nc2cnc(C(=O)Nc3ccc(C(C)=O)cc3)cn2)cc1. The fourth-order valence-corrected chi connectivity index (χ4v) is 2.32. The standard InChI is InChI=1S/C20H18N4O3/c1-13(25)14-3-5-16(6-4-14)24-20(26)18-11-22-19(12-21-18)23-15-7-9-17(27-2)10-8-15/h3-12H,1-2H3,(H,22,23)(H,24,26). The smallest absolute Gasteiger partial charge is 0.275 e. The highest BCUT2D eigenvalue weighted by Crippen LogP contribution is 2.18. The maximum absolute atomic E-state index is 12.3. The number of Topliss-reactive ketones (excluding diaryl/α,β-unsaturated/α-hetero) is 1. The highest BCUT2D eigenvalue weighted by Gasteiger charge is 2.09. The molecule has 1 aromatic heterocycles. The first kappa shape index (κ1) is 18.1. The molecule has 1 heterocycles. The largest absolute Gasteiger partial charge is 0.497 e. The number of hydrogen-bond acceptors (Lipinski definition) is 6. The molecule has 2 aromatic carbocycles. The summed E-state index contributed by atoms with van der Waals surface area (Å²) in [4.78, 5) is 31.9. The summed E-state index contributed by atoms with van der Waals surface area (Å²) in [7, 11) is 1.61. The van der Waals surface area contributed by atoms with Crippen molar-refractivity contribution in [2.75, 3.05) is 17.7 Å². The molecule has 0 aliphatic carbocycles. The summed E-state index contributed by atoms with van der Waals surface area (Å²) in [5, 5.41) is 5.81. The number of ether oxygens (including phenoxy) is 1. The molecule has 0 spiro atoms. The summed E-state index contributed by atoms with van der Waals surface area (Å²) < 4.78 is 5.11. The van der Waals surface area contributed by atoms with Crippen molar-refractivity contribution in [3.05, 3.63) is 72.2 Å². The summed E-state index contributed by atoms with van der Waals surface area (Å²) in [6.45, 7) is 1.49. The van der Waals surface area contributed by atoms with Crippen LogP contribution in [-0.4, -0.2) is 28.8 Å². The first-order valence-electron chi connectivity index (χ1n) is 8.20. The third-order valence-corrected chi connectivity index (χ3v) is 3.80. The molecule has 0 aliphatic heterocycles. The number of methoxy groups -OCH3 is 1. The lowest BCUT2D eigenvalue weighted by Gasteiger charge is -2.08. The highest BCUT2D eigenvalue weighted by atomic mass is 16.5.